The maximum atomic E-state index is 13.3. The number of carbonyl (C=O) groups excluding carboxylic acids is 1. The van der Waals surface area contributed by atoms with Crippen molar-refractivity contribution in [1.29, 1.82) is 0 Å². The van der Waals surface area contributed by atoms with Crippen molar-refractivity contribution in [2.75, 3.05) is 18.6 Å². The Labute approximate surface area is 209 Å². The molecule has 1 amide bonds. The largest absolute Gasteiger partial charge is 0.455 e. The van der Waals surface area contributed by atoms with Crippen LogP contribution in [-0.2, 0) is 10.0 Å². The predicted molar refractivity (Wildman–Crippen MR) is 141 cm³/mol. The number of fused-ring (bicyclic) bond motifs is 1. The van der Waals surface area contributed by atoms with Gasteiger partial charge in [-0.05, 0) is 44.5 Å². The standard InChI is InChI=1S/C27H27N3O5S/c1-16-14-20(18(3)29-22-12-9-13-28-23(22)27(32)30(4)36(5,33)34)26-21(15-16)24(31)17(2)25(35-26)19-10-7-6-8-11-19/h6-15,18,29H,1-5H3/t18-/m1/s1. The molecule has 8 nitrogen and oxygen atoms in total. The first-order valence-electron chi connectivity index (χ1n) is 11.3. The van der Waals surface area contributed by atoms with Crippen LogP contribution in [0.4, 0.5) is 5.69 Å². The summed E-state index contributed by atoms with van der Waals surface area (Å²) in [6, 6.07) is 16.1. The number of anilines is 1. The molecule has 4 rings (SSSR count). The summed E-state index contributed by atoms with van der Waals surface area (Å²) in [5, 5.41) is 3.73. The molecule has 0 aliphatic rings. The summed E-state index contributed by atoms with van der Waals surface area (Å²) in [6.45, 7) is 5.52. The SMILES string of the molecule is Cc1cc([C@@H](C)Nc2cccnc2C(=O)N(C)S(C)(=O)=O)c2oc(-c3ccccc3)c(C)c(=O)c2c1. The molecule has 4 aromatic rings. The van der Waals surface area contributed by atoms with E-state index in [4.69, 9.17) is 4.42 Å². The number of rotatable bonds is 6. The first-order valence-corrected chi connectivity index (χ1v) is 13.2. The normalized spacial score (nSPS) is 12.4. The van der Waals surface area contributed by atoms with Gasteiger partial charge in [0.2, 0.25) is 10.0 Å². The van der Waals surface area contributed by atoms with Crippen LogP contribution in [0.3, 0.4) is 0 Å². The zero-order valence-electron chi connectivity index (χ0n) is 20.7. The number of pyridine rings is 1. The van der Waals surface area contributed by atoms with Gasteiger partial charge in [0.15, 0.2) is 11.1 Å². The van der Waals surface area contributed by atoms with Crippen molar-refractivity contribution in [3.8, 4) is 11.3 Å². The Bertz CT molecular complexity index is 1630. The molecule has 0 fully saturated rings. The van der Waals surface area contributed by atoms with Crippen molar-refractivity contribution in [3.63, 3.8) is 0 Å². The Balaban J connectivity index is 1.83. The van der Waals surface area contributed by atoms with Crippen LogP contribution < -0.4 is 10.7 Å². The molecule has 0 radical (unpaired) electrons. The molecule has 0 aliphatic heterocycles. The molecule has 0 saturated carbocycles. The topological polar surface area (TPSA) is 110 Å². The van der Waals surface area contributed by atoms with Crippen molar-refractivity contribution in [3.05, 3.63) is 93.4 Å². The Kier molecular flexibility index (Phi) is 6.69. The van der Waals surface area contributed by atoms with Crippen LogP contribution in [-0.4, -0.2) is 36.9 Å². The lowest BCUT2D eigenvalue weighted by molar-refractivity contribution is 0.0879. The van der Waals surface area contributed by atoms with Crippen molar-refractivity contribution in [2.24, 2.45) is 0 Å². The van der Waals surface area contributed by atoms with Gasteiger partial charge in [-0.2, -0.15) is 0 Å². The molecular weight excluding hydrogens is 478 g/mol. The van der Waals surface area contributed by atoms with Crippen molar-refractivity contribution < 1.29 is 17.6 Å². The number of amides is 1. The molecule has 0 saturated heterocycles. The summed E-state index contributed by atoms with van der Waals surface area (Å²) >= 11 is 0. The van der Waals surface area contributed by atoms with Crippen molar-refractivity contribution >= 4 is 32.6 Å². The summed E-state index contributed by atoms with van der Waals surface area (Å²) in [6.07, 6.45) is 2.38. The minimum absolute atomic E-state index is 0.0310. The highest BCUT2D eigenvalue weighted by atomic mass is 32.2. The molecule has 0 aliphatic carbocycles. The average Bonchev–Trinajstić information content (AvgIpc) is 2.85. The number of nitrogens with zero attached hydrogens (tertiary/aromatic N) is 2. The number of hydrogen-bond acceptors (Lipinski definition) is 7. The highest BCUT2D eigenvalue weighted by Crippen LogP contribution is 2.32. The zero-order valence-corrected chi connectivity index (χ0v) is 21.5. The fraction of sp³-hybridized carbons (Fsp3) is 0.222. The van der Waals surface area contributed by atoms with Crippen LogP contribution in [0.25, 0.3) is 22.3 Å². The van der Waals surface area contributed by atoms with Gasteiger partial charge in [0.25, 0.3) is 5.91 Å². The molecule has 0 unspecified atom stereocenters. The second-order valence-corrected chi connectivity index (χ2v) is 10.8. The summed E-state index contributed by atoms with van der Waals surface area (Å²) in [4.78, 5) is 30.3. The van der Waals surface area contributed by atoms with Crippen molar-refractivity contribution in [1.82, 2.24) is 9.29 Å². The molecule has 0 spiro atoms. The van der Waals surface area contributed by atoms with E-state index in [1.54, 1.807) is 25.1 Å². The van der Waals surface area contributed by atoms with E-state index in [2.05, 4.69) is 10.3 Å². The second kappa shape index (κ2) is 9.58. The number of benzene rings is 2. The number of carbonyl (C=O) groups is 1. The van der Waals surface area contributed by atoms with Crippen LogP contribution in [0.5, 0.6) is 0 Å². The molecule has 2 aromatic carbocycles. The van der Waals surface area contributed by atoms with Gasteiger partial charge in [0.1, 0.15) is 11.3 Å². The molecule has 2 aromatic heterocycles. The molecule has 2 heterocycles. The van der Waals surface area contributed by atoms with Crippen LogP contribution in [0.1, 0.15) is 40.1 Å². The van der Waals surface area contributed by atoms with E-state index in [-0.39, 0.29) is 11.1 Å². The van der Waals surface area contributed by atoms with Gasteiger partial charge in [-0.15, -0.1) is 0 Å². The number of aryl methyl sites for hydroxylation is 1. The van der Waals surface area contributed by atoms with Gasteiger partial charge in [-0.25, -0.2) is 17.7 Å². The van der Waals surface area contributed by atoms with Gasteiger partial charge >= 0.3 is 0 Å². The summed E-state index contributed by atoms with van der Waals surface area (Å²) < 4.78 is 30.8. The Morgan fingerprint density at radius 3 is 2.44 bits per heavy atom. The third kappa shape index (κ3) is 4.74. The molecule has 9 heteroatoms. The highest BCUT2D eigenvalue weighted by molar-refractivity contribution is 7.88. The van der Waals surface area contributed by atoms with Crippen LogP contribution in [0, 0.1) is 13.8 Å². The number of nitrogens with one attached hydrogen (secondary N) is 1. The van der Waals surface area contributed by atoms with E-state index in [0.717, 1.165) is 22.9 Å². The minimum atomic E-state index is -3.76. The predicted octanol–water partition coefficient (Wildman–Crippen LogP) is 4.68. The smallest absolute Gasteiger partial charge is 0.287 e. The molecule has 1 atom stereocenters. The quantitative estimate of drug-likeness (QED) is 0.405. The molecule has 0 bridgehead atoms. The number of aromatic nitrogens is 1. The minimum Gasteiger partial charge on any atom is -0.455 e. The average molecular weight is 506 g/mol. The maximum absolute atomic E-state index is 13.3. The van der Waals surface area contributed by atoms with E-state index in [1.165, 1.54) is 13.2 Å². The highest BCUT2D eigenvalue weighted by Gasteiger charge is 2.25. The third-order valence-corrected chi connectivity index (χ3v) is 7.22. The van der Waals surface area contributed by atoms with Crippen LogP contribution in [0.15, 0.2) is 70.0 Å². The Hall–Kier alpha value is -3.98. The van der Waals surface area contributed by atoms with E-state index in [1.807, 2.05) is 50.2 Å². The lowest BCUT2D eigenvalue weighted by atomic mass is 9.98. The lowest BCUT2D eigenvalue weighted by Gasteiger charge is -2.21. The Morgan fingerprint density at radius 2 is 1.78 bits per heavy atom. The summed E-state index contributed by atoms with van der Waals surface area (Å²) in [5.41, 5.74) is 3.58. The monoisotopic (exact) mass is 505 g/mol. The van der Waals surface area contributed by atoms with Crippen LogP contribution >= 0.6 is 0 Å². The summed E-state index contributed by atoms with van der Waals surface area (Å²) in [7, 11) is -2.57. The van der Waals surface area contributed by atoms with E-state index < -0.39 is 22.0 Å². The van der Waals surface area contributed by atoms with Gasteiger partial charge in [0, 0.05) is 29.9 Å². The van der Waals surface area contributed by atoms with Gasteiger partial charge in [0.05, 0.1) is 23.4 Å². The van der Waals surface area contributed by atoms with E-state index in [9.17, 15) is 18.0 Å². The summed E-state index contributed by atoms with van der Waals surface area (Å²) in [5.74, 6) is -0.257. The number of hydrogen-bond donors (Lipinski definition) is 1. The zero-order chi connectivity index (χ0) is 26.2. The molecule has 36 heavy (non-hydrogen) atoms. The number of sulfonamides is 1. The third-order valence-electron chi connectivity index (χ3n) is 6.06. The molecular formula is C27H27N3O5S. The first-order chi connectivity index (χ1) is 17.0. The van der Waals surface area contributed by atoms with Gasteiger partial charge in [-0.3, -0.25) is 9.59 Å². The lowest BCUT2D eigenvalue weighted by Crippen LogP contribution is -2.33. The van der Waals surface area contributed by atoms with E-state index in [0.29, 0.717) is 32.3 Å². The Morgan fingerprint density at radius 1 is 1.08 bits per heavy atom. The molecule has 186 valence electrons. The van der Waals surface area contributed by atoms with E-state index >= 15 is 0 Å². The van der Waals surface area contributed by atoms with Gasteiger partial charge in [-0.1, -0.05) is 36.4 Å². The fourth-order valence-electron chi connectivity index (χ4n) is 4.06. The first kappa shape index (κ1) is 25.1. The second-order valence-electron chi connectivity index (χ2n) is 8.78. The van der Waals surface area contributed by atoms with Crippen molar-refractivity contribution in [2.45, 2.75) is 26.8 Å². The molecule has 1 N–H and O–H groups in total. The van der Waals surface area contributed by atoms with Crippen LogP contribution in [0.2, 0.25) is 0 Å². The maximum Gasteiger partial charge on any atom is 0.287 e. The fourth-order valence-corrected chi connectivity index (χ4v) is 4.44. The van der Waals surface area contributed by atoms with Gasteiger partial charge < -0.3 is 9.73 Å².